The number of hydrogen-bond acceptors (Lipinski definition) is 7. The Morgan fingerprint density at radius 3 is 2.43 bits per heavy atom. The second-order valence-corrected chi connectivity index (χ2v) is 10.0. The van der Waals surface area contributed by atoms with Gasteiger partial charge in [0.25, 0.3) is 0 Å². The number of aliphatic carboxylic acids is 1. The van der Waals surface area contributed by atoms with E-state index in [1.54, 1.807) is 20.8 Å². The first-order valence-electron chi connectivity index (χ1n) is 12.3. The molecule has 35 heavy (non-hydrogen) atoms. The van der Waals surface area contributed by atoms with Gasteiger partial charge in [0.15, 0.2) is 0 Å². The largest absolute Gasteiger partial charge is 0.524 e. The van der Waals surface area contributed by atoms with Crippen LogP contribution in [0.25, 0.3) is 0 Å². The molecule has 2 amide bonds. The maximum atomic E-state index is 14.0. The Labute approximate surface area is 207 Å². The number of benzene rings is 1. The van der Waals surface area contributed by atoms with Gasteiger partial charge in [-0.1, -0.05) is 56.5 Å². The number of unbranched alkanes of at least 4 members (excludes halogenated alkanes) is 2. The first-order valence-corrected chi connectivity index (χ1v) is 12.3. The van der Waals surface area contributed by atoms with E-state index in [0.717, 1.165) is 18.4 Å². The average molecular weight is 492 g/mol. The molecule has 3 atom stereocenters. The Hall–Kier alpha value is -2.78. The number of piperazine rings is 1. The lowest BCUT2D eigenvalue weighted by molar-refractivity contribution is -0.806. The summed E-state index contributed by atoms with van der Waals surface area (Å²) < 4.78 is 10.3. The second kappa shape index (κ2) is 12.8. The van der Waals surface area contributed by atoms with Crippen LogP contribution in [0.3, 0.4) is 0 Å². The highest BCUT2D eigenvalue weighted by Crippen LogP contribution is 2.30. The van der Waals surface area contributed by atoms with E-state index < -0.39 is 52.4 Å². The summed E-state index contributed by atoms with van der Waals surface area (Å²) >= 11 is 0. The van der Waals surface area contributed by atoms with Crippen LogP contribution in [0.15, 0.2) is 30.3 Å². The van der Waals surface area contributed by atoms with Crippen molar-refractivity contribution >= 4 is 23.9 Å². The predicted molar refractivity (Wildman–Crippen MR) is 129 cm³/mol. The lowest BCUT2D eigenvalue weighted by Crippen LogP contribution is -2.74. The highest BCUT2D eigenvalue weighted by atomic mass is 16.6. The molecule has 194 valence electrons. The van der Waals surface area contributed by atoms with Gasteiger partial charge in [0.2, 0.25) is 6.04 Å². The predicted octanol–water partition coefficient (Wildman–Crippen LogP) is 3.65. The van der Waals surface area contributed by atoms with Crippen molar-refractivity contribution in [3.05, 3.63) is 35.9 Å². The highest BCUT2D eigenvalue weighted by Gasteiger charge is 2.60. The lowest BCUT2D eigenvalue weighted by Gasteiger charge is -2.42. The number of quaternary nitrogens is 1. The fourth-order valence-electron chi connectivity index (χ4n) is 4.30. The molecule has 2 N–H and O–H groups in total. The minimum atomic E-state index is -1.18. The molecule has 0 spiro atoms. The van der Waals surface area contributed by atoms with E-state index in [2.05, 4.69) is 5.32 Å². The van der Waals surface area contributed by atoms with Crippen LogP contribution >= 0.6 is 0 Å². The molecule has 0 saturated carbocycles. The highest BCUT2D eigenvalue weighted by molar-refractivity contribution is 5.90. The van der Waals surface area contributed by atoms with Crippen molar-refractivity contribution in [3.8, 4) is 0 Å². The SMILES string of the molecule is CCCCC[C@H](CC(=O)O)C(=O)[N@+]1(C(=O)OC(C)(C)C)CCNCC1C(=O)OCc1ccccc1. The third-order valence-electron chi connectivity index (χ3n) is 6.05. The Kier molecular flexibility index (Phi) is 10.4. The first-order chi connectivity index (χ1) is 16.5. The zero-order valence-electron chi connectivity index (χ0n) is 21.2. The van der Waals surface area contributed by atoms with Crippen molar-refractivity contribution in [2.75, 3.05) is 19.6 Å². The van der Waals surface area contributed by atoms with Crippen LogP contribution in [0.2, 0.25) is 0 Å². The maximum Gasteiger partial charge on any atom is 0.524 e. The zero-order chi connectivity index (χ0) is 26.1. The molecular weight excluding hydrogens is 452 g/mol. The molecule has 1 aromatic rings. The minimum absolute atomic E-state index is 0.00621. The van der Waals surface area contributed by atoms with Crippen LogP contribution in [-0.4, -0.2) is 64.8 Å². The van der Waals surface area contributed by atoms with Gasteiger partial charge in [0.05, 0.1) is 18.9 Å². The van der Waals surface area contributed by atoms with Crippen molar-refractivity contribution in [1.29, 1.82) is 0 Å². The fraction of sp³-hybridized carbons (Fsp3) is 0.615. The molecular formula is C26H39N2O7+. The molecule has 1 aliphatic rings. The van der Waals surface area contributed by atoms with Crippen molar-refractivity contribution in [2.24, 2.45) is 5.92 Å². The third-order valence-corrected chi connectivity index (χ3v) is 6.05. The Morgan fingerprint density at radius 1 is 1.14 bits per heavy atom. The summed E-state index contributed by atoms with van der Waals surface area (Å²) in [7, 11) is 0. The molecule has 0 bridgehead atoms. The number of nitrogens with zero attached hydrogens (tertiary/aromatic N) is 1. The van der Waals surface area contributed by atoms with E-state index in [9.17, 15) is 24.3 Å². The number of amides is 2. The molecule has 1 saturated heterocycles. The second-order valence-electron chi connectivity index (χ2n) is 10.0. The van der Waals surface area contributed by atoms with E-state index in [1.807, 2.05) is 37.3 Å². The third kappa shape index (κ3) is 7.86. The molecule has 0 radical (unpaired) electrons. The van der Waals surface area contributed by atoms with Crippen molar-refractivity contribution in [1.82, 2.24) is 5.32 Å². The van der Waals surface area contributed by atoms with Crippen LogP contribution in [0.5, 0.6) is 0 Å². The van der Waals surface area contributed by atoms with Crippen LogP contribution in [-0.2, 0) is 30.5 Å². The number of carboxylic acids is 1. The van der Waals surface area contributed by atoms with Gasteiger partial charge in [-0.3, -0.25) is 4.79 Å². The molecule has 1 fully saturated rings. The summed E-state index contributed by atoms with van der Waals surface area (Å²) in [6.45, 7) is 7.37. The van der Waals surface area contributed by atoms with Gasteiger partial charge in [-0.05, 0) is 32.8 Å². The number of imide groups is 1. The average Bonchev–Trinajstić information content (AvgIpc) is 2.80. The number of nitrogens with one attached hydrogen (secondary N) is 1. The van der Waals surface area contributed by atoms with Gasteiger partial charge < -0.3 is 19.9 Å². The van der Waals surface area contributed by atoms with Gasteiger partial charge in [-0.25, -0.2) is 9.59 Å². The van der Waals surface area contributed by atoms with Gasteiger partial charge in [-0.2, -0.15) is 4.79 Å². The molecule has 2 rings (SSSR count). The molecule has 0 aliphatic carbocycles. The summed E-state index contributed by atoms with van der Waals surface area (Å²) in [6.07, 6.45) is 1.44. The van der Waals surface area contributed by atoms with Gasteiger partial charge in [0.1, 0.15) is 18.8 Å². The molecule has 9 heteroatoms. The Bertz CT molecular complexity index is 881. The van der Waals surface area contributed by atoms with E-state index in [0.29, 0.717) is 19.4 Å². The minimum Gasteiger partial charge on any atom is -0.481 e. The van der Waals surface area contributed by atoms with Crippen LogP contribution in [0.1, 0.15) is 65.4 Å². The number of carbonyl (C=O) groups excluding carboxylic acids is 3. The Balaban J connectivity index is 2.44. The van der Waals surface area contributed by atoms with Crippen molar-refractivity contribution in [2.45, 2.75) is 78.0 Å². The first kappa shape index (κ1) is 28.5. The zero-order valence-corrected chi connectivity index (χ0v) is 21.2. The standard InChI is InChI=1S/C26H38N2O7/c1-5-6-8-13-20(16-22(29)30)23(31)28(25(33)35-26(2,3)4)15-14-27-17-21(28)24(32)34-18-19-11-9-7-10-12-19/h7,9-12,20-21,27H,5-6,8,13-18H2,1-4H3/p+1/t20-,21?,28+/m1/s1. The van der Waals surface area contributed by atoms with Crippen molar-refractivity contribution in [3.63, 3.8) is 0 Å². The van der Waals surface area contributed by atoms with Crippen LogP contribution in [0.4, 0.5) is 4.79 Å². The molecule has 1 heterocycles. The quantitative estimate of drug-likeness (QED) is 0.289. The van der Waals surface area contributed by atoms with E-state index >= 15 is 0 Å². The number of esters is 1. The van der Waals surface area contributed by atoms with E-state index in [4.69, 9.17) is 9.47 Å². The van der Waals surface area contributed by atoms with E-state index in [1.165, 1.54) is 0 Å². The number of ether oxygens (including phenoxy) is 2. The Morgan fingerprint density at radius 2 is 1.83 bits per heavy atom. The maximum absolute atomic E-state index is 14.0. The number of carboxylic acid groups (broad SMARTS) is 1. The summed E-state index contributed by atoms with van der Waals surface area (Å²) in [5.41, 5.74) is -0.133. The number of carbonyl (C=O) groups is 4. The van der Waals surface area contributed by atoms with Gasteiger partial charge >= 0.3 is 23.9 Å². The van der Waals surface area contributed by atoms with Crippen LogP contribution < -0.4 is 5.32 Å². The van der Waals surface area contributed by atoms with Gasteiger partial charge in [-0.15, -0.1) is 4.48 Å². The smallest absolute Gasteiger partial charge is 0.481 e. The topological polar surface area (TPSA) is 119 Å². The number of rotatable bonds is 10. The molecule has 1 unspecified atom stereocenters. The number of hydrogen-bond donors (Lipinski definition) is 2. The molecule has 1 aromatic carbocycles. The summed E-state index contributed by atoms with van der Waals surface area (Å²) in [4.78, 5) is 52.6. The van der Waals surface area contributed by atoms with Crippen LogP contribution in [0, 0.1) is 5.92 Å². The summed E-state index contributed by atoms with van der Waals surface area (Å²) in [6, 6.07) is 7.93. The summed E-state index contributed by atoms with van der Waals surface area (Å²) in [5.74, 6) is -3.35. The normalized spacial score (nSPS) is 21.1. The monoisotopic (exact) mass is 491 g/mol. The summed E-state index contributed by atoms with van der Waals surface area (Å²) in [5, 5.41) is 12.6. The fourth-order valence-corrected chi connectivity index (χ4v) is 4.30. The van der Waals surface area contributed by atoms with E-state index in [-0.39, 0.29) is 19.7 Å². The van der Waals surface area contributed by atoms with Crippen molar-refractivity contribution < 1.29 is 38.2 Å². The molecule has 1 aliphatic heterocycles. The molecule has 0 aromatic heterocycles. The lowest BCUT2D eigenvalue weighted by atomic mass is 9.93. The van der Waals surface area contributed by atoms with Gasteiger partial charge in [0, 0.05) is 6.54 Å². The molecule has 9 nitrogen and oxygen atoms in total.